The molecule has 1 aromatic rings. The number of benzene rings is 1. The van der Waals surface area contributed by atoms with Crippen molar-refractivity contribution in [1.82, 2.24) is 0 Å². The maximum Gasteiger partial charge on any atom is 0.149 e. The minimum atomic E-state index is 0.137. The van der Waals surface area contributed by atoms with Crippen LogP contribution in [0.25, 0.3) is 0 Å². The van der Waals surface area contributed by atoms with Crippen LogP contribution < -0.4 is 0 Å². The number of hydrogen-bond donors (Lipinski definition) is 0. The molecule has 0 aliphatic rings. The molecule has 0 unspecified atom stereocenters. The average Bonchev–Trinajstić information content (AvgIpc) is 2.29. The van der Waals surface area contributed by atoms with Gasteiger partial charge in [0.2, 0.25) is 0 Å². The largest absolute Gasteiger partial charge is 0.192 e. The van der Waals surface area contributed by atoms with Crippen molar-refractivity contribution >= 4 is 35.1 Å². The maximum atomic E-state index is 8.78. The van der Waals surface area contributed by atoms with Crippen molar-refractivity contribution in [2.75, 3.05) is 6.26 Å². The summed E-state index contributed by atoms with van der Waals surface area (Å²) >= 11 is 8.61. The van der Waals surface area contributed by atoms with Crippen LogP contribution in [-0.2, 0) is 0 Å². The predicted molar refractivity (Wildman–Crippen MR) is 69.1 cm³/mol. The van der Waals surface area contributed by atoms with Gasteiger partial charge in [0.15, 0.2) is 0 Å². The van der Waals surface area contributed by atoms with Crippen molar-refractivity contribution in [3.05, 3.63) is 39.1 Å². The summed E-state index contributed by atoms with van der Waals surface area (Å²) in [7, 11) is 0. The summed E-state index contributed by atoms with van der Waals surface area (Å²) in [6.45, 7) is 0. The van der Waals surface area contributed by atoms with Gasteiger partial charge in [0.05, 0.1) is 4.24 Å². The van der Waals surface area contributed by atoms with E-state index < -0.39 is 0 Å². The highest BCUT2D eigenvalue weighted by Gasteiger charge is 2.07. The van der Waals surface area contributed by atoms with Gasteiger partial charge >= 0.3 is 0 Å². The van der Waals surface area contributed by atoms with Gasteiger partial charge in [0.25, 0.3) is 0 Å². The molecule has 0 bridgehead atoms. The van der Waals surface area contributed by atoms with E-state index in [9.17, 15) is 0 Å². The van der Waals surface area contributed by atoms with Crippen LogP contribution in [0.15, 0.2) is 39.0 Å². The smallest absolute Gasteiger partial charge is 0.149 e. The molecule has 5 heteroatoms. The lowest BCUT2D eigenvalue weighted by molar-refractivity contribution is 1.45. The third kappa shape index (κ3) is 3.50. The summed E-state index contributed by atoms with van der Waals surface area (Å²) in [6, 6.07) is 11.1. The zero-order chi connectivity index (χ0) is 12.0. The Morgan fingerprint density at radius 2 is 2.00 bits per heavy atom. The monoisotopic (exact) mass is 266 g/mol. The molecule has 0 fully saturated rings. The van der Waals surface area contributed by atoms with E-state index in [0.717, 1.165) is 4.90 Å². The molecular formula is C11H7ClN2S2. The first-order chi connectivity index (χ1) is 7.71. The summed E-state index contributed by atoms with van der Waals surface area (Å²) in [5, 5.41) is 18.2. The van der Waals surface area contributed by atoms with Crippen molar-refractivity contribution in [3.8, 4) is 12.1 Å². The normalized spacial score (nSPS) is 9.00. The Kier molecular flexibility index (Phi) is 5.28. The third-order valence-electron chi connectivity index (χ3n) is 1.62. The molecule has 0 radical (unpaired) electrons. The fourth-order valence-electron chi connectivity index (χ4n) is 0.949. The van der Waals surface area contributed by atoms with E-state index in [-0.39, 0.29) is 5.57 Å². The Bertz CT molecular complexity index is 481. The molecule has 0 aromatic heterocycles. The van der Waals surface area contributed by atoms with Gasteiger partial charge in [-0.05, 0) is 24.5 Å². The van der Waals surface area contributed by atoms with Crippen LogP contribution in [0.4, 0.5) is 0 Å². The molecule has 16 heavy (non-hydrogen) atoms. The highest BCUT2D eigenvalue weighted by Crippen LogP contribution is 2.36. The van der Waals surface area contributed by atoms with Crippen molar-refractivity contribution in [2.45, 2.75) is 4.90 Å². The topological polar surface area (TPSA) is 47.6 Å². The van der Waals surface area contributed by atoms with Gasteiger partial charge in [-0.1, -0.05) is 29.4 Å². The molecule has 2 nitrogen and oxygen atoms in total. The Labute approximate surface area is 108 Å². The van der Waals surface area contributed by atoms with Crippen LogP contribution in [0.1, 0.15) is 0 Å². The van der Waals surface area contributed by atoms with Crippen LogP contribution in [-0.4, -0.2) is 6.26 Å². The number of thioether (sulfide) groups is 2. The molecule has 0 amide bonds. The zero-order valence-electron chi connectivity index (χ0n) is 8.40. The molecule has 0 N–H and O–H groups in total. The van der Waals surface area contributed by atoms with E-state index in [1.165, 1.54) is 23.5 Å². The Balaban J connectivity index is 3.01. The summed E-state index contributed by atoms with van der Waals surface area (Å²) in [5.74, 6) is 0. The van der Waals surface area contributed by atoms with Crippen LogP contribution in [0.2, 0.25) is 5.02 Å². The number of nitrogens with zero attached hydrogens (tertiary/aromatic N) is 2. The lowest BCUT2D eigenvalue weighted by atomic mass is 10.4. The molecule has 80 valence electrons. The Morgan fingerprint density at radius 3 is 2.50 bits per heavy atom. The summed E-state index contributed by atoms with van der Waals surface area (Å²) in [4.78, 5) is 0.917. The molecule has 0 aliphatic heterocycles. The minimum Gasteiger partial charge on any atom is -0.192 e. The number of nitriles is 2. The summed E-state index contributed by atoms with van der Waals surface area (Å²) < 4.78 is 0.687. The standard InChI is InChI=1S/C11H7ClN2S2/c1-15-11(8(6-13)7-14)16-10-4-2-3-9(12)5-10/h2-5H,1H3. The van der Waals surface area contributed by atoms with E-state index in [4.69, 9.17) is 22.1 Å². The molecule has 0 atom stereocenters. The lowest BCUT2D eigenvalue weighted by Gasteiger charge is -2.03. The Hall–Kier alpha value is -1.07. The first-order valence-electron chi connectivity index (χ1n) is 4.23. The molecule has 0 saturated heterocycles. The van der Waals surface area contributed by atoms with Gasteiger partial charge in [-0.15, -0.1) is 11.8 Å². The molecule has 0 saturated carbocycles. The molecule has 1 rings (SSSR count). The van der Waals surface area contributed by atoms with Crippen molar-refractivity contribution in [1.29, 1.82) is 10.5 Å². The maximum absolute atomic E-state index is 8.78. The summed E-state index contributed by atoms with van der Waals surface area (Å²) in [6.07, 6.45) is 1.83. The average molecular weight is 267 g/mol. The van der Waals surface area contributed by atoms with E-state index in [0.29, 0.717) is 9.26 Å². The minimum absolute atomic E-state index is 0.137. The first-order valence-corrected chi connectivity index (χ1v) is 6.65. The molecular weight excluding hydrogens is 260 g/mol. The number of halogens is 1. The van der Waals surface area contributed by atoms with E-state index in [1.54, 1.807) is 12.1 Å². The van der Waals surface area contributed by atoms with Gasteiger partial charge < -0.3 is 0 Å². The second-order valence-electron chi connectivity index (χ2n) is 2.65. The van der Waals surface area contributed by atoms with E-state index in [1.807, 2.05) is 30.5 Å². The van der Waals surface area contributed by atoms with Gasteiger partial charge in [0.1, 0.15) is 17.7 Å². The first kappa shape index (κ1) is 13.0. The quantitative estimate of drug-likeness (QED) is 0.612. The second kappa shape index (κ2) is 6.50. The number of rotatable bonds is 3. The van der Waals surface area contributed by atoms with Gasteiger partial charge in [-0.3, -0.25) is 0 Å². The van der Waals surface area contributed by atoms with Crippen molar-refractivity contribution in [3.63, 3.8) is 0 Å². The van der Waals surface area contributed by atoms with Crippen LogP contribution in [0.3, 0.4) is 0 Å². The van der Waals surface area contributed by atoms with Crippen LogP contribution >= 0.6 is 35.1 Å². The van der Waals surface area contributed by atoms with Crippen molar-refractivity contribution < 1.29 is 0 Å². The summed E-state index contributed by atoms with van der Waals surface area (Å²) in [5.41, 5.74) is 0.137. The van der Waals surface area contributed by atoms with E-state index >= 15 is 0 Å². The fourth-order valence-corrected chi connectivity index (χ4v) is 2.86. The van der Waals surface area contributed by atoms with E-state index in [2.05, 4.69) is 0 Å². The molecule has 0 spiro atoms. The SMILES string of the molecule is CSC(Sc1cccc(Cl)c1)=C(C#N)C#N. The fraction of sp³-hybridized carbons (Fsp3) is 0.0909. The Morgan fingerprint density at radius 1 is 1.31 bits per heavy atom. The van der Waals surface area contributed by atoms with Crippen molar-refractivity contribution in [2.24, 2.45) is 0 Å². The zero-order valence-corrected chi connectivity index (χ0v) is 10.8. The number of hydrogen-bond acceptors (Lipinski definition) is 4. The van der Waals surface area contributed by atoms with Gasteiger partial charge in [0, 0.05) is 9.92 Å². The highest BCUT2D eigenvalue weighted by atomic mass is 35.5. The number of allylic oxidation sites excluding steroid dienone is 1. The van der Waals surface area contributed by atoms with Gasteiger partial charge in [-0.2, -0.15) is 10.5 Å². The highest BCUT2D eigenvalue weighted by molar-refractivity contribution is 8.22. The third-order valence-corrected chi connectivity index (χ3v) is 4.06. The predicted octanol–water partition coefficient (Wildman–Crippen LogP) is 4.05. The van der Waals surface area contributed by atoms with Crippen LogP contribution in [0.5, 0.6) is 0 Å². The molecule has 1 aromatic carbocycles. The molecule has 0 heterocycles. The lowest BCUT2D eigenvalue weighted by Crippen LogP contribution is -1.79. The van der Waals surface area contributed by atoms with Crippen LogP contribution in [0, 0.1) is 22.7 Å². The molecule has 0 aliphatic carbocycles. The van der Waals surface area contributed by atoms with Gasteiger partial charge in [-0.25, -0.2) is 0 Å². The second-order valence-corrected chi connectivity index (χ2v) is 5.24.